The Bertz CT molecular complexity index is 371. The highest BCUT2D eigenvalue weighted by atomic mass is 16.5. The minimum absolute atomic E-state index is 0.350. The summed E-state index contributed by atoms with van der Waals surface area (Å²) in [5.74, 6) is -1.35. The van der Waals surface area contributed by atoms with E-state index in [2.05, 4.69) is 6.92 Å². The largest absolute Gasteiger partial charge is 0.464 e. The monoisotopic (exact) mass is 281 g/mol. The molecule has 1 unspecified atom stereocenters. The molecule has 5 nitrogen and oxygen atoms in total. The number of hydrogen-bond donors (Lipinski definition) is 0. The number of carbonyl (C=O) groups is 3. The third kappa shape index (κ3) is 4.47. The van der Waals surface area contributed by atoms with Gasteiger partial charge in [-0.3, -0.25) is 14.5 Å². The van der Waals surface area contributed by atoms with Crippen LogP contribution in [0.4, 0.5) is 0 Å². The van der Waals surface area contributed by atoms with Gasteiger partial charge in [-0.15, -0.1) is 0 Å². The second kappa shape index (κ2) is 8.51. The number of amides is 2. The highest BCUT2D eigenvalue weighted by Gasteiger charge is 2.36. The number of rotatable bonds is 9. The molecule has 1 rings (SSSR count). The molecule has 1 aliphatic heterocycles. The van der Waals surface area contributed by atoms with E-state index in [9.17, 15) is 14.4 Å². The first-order valence-corrected chi connectivity index (χ1v) is 7.33. The van der Waals surface area contributed by atoms with E-state index in [1.54, 1.807) is 0 Å². The quantitative estimate of drug-likeness (QED) is 0.369. The summed E-state index contributed by atoms with van der Waals surface area (Å²) < 4.78 is 5.20. The van der Waals surface area contributed by atoms with Crippen molar-refractivity contribution in [1.82, 2.24) is 4.90 Å². The molecule has 0 radical (unpaired) electrons. The third-order valence-electron chi connectivity index (χ3n) is 3.23. The SMILES string of the molecule is CCCCCCOC(=O)C(CCC)N1C(=O)C=CC1=O. The van der Waals surface area contributed by atoms with E-state index in [1.165, 1.54) is 12.2 Å². The number of imide groups is 1. The van der Waals surface area contributed by atoms with Crippen LogP contribution in [0.3, 0.4) is 0 Å². The smallest absolute Gasteiger partial charge is 0.329 e. The lowest BCUT2D eigenvalue weighted by Crippen LogP contribution is -2.45. The fraction of sp³-hybridized carbons (Fsp3) is 0.667. The van der Waals surface area contributed by atoms with Crippen LogP contribution in [0.5, 0.6) is 0 Å². The molecular formula is C15H23NO4. The maximum absolute atomic E-state index is 12.0. The number of nitrogens with zero attached hydrogens (tertiary/aromatic N) is 1. The van der Waals surface area contributed by atoms with E-state index in [4.69, 9.17) is 4.74 Å². The van der Waals surface area contributed by atoms with Gasteiger partial charge in [-0.1, -0.05) is 39.5 Å². The van der Waals surface area contributed by atoms with Crippen LogP contribution in [0.2, 0.25) is 0 Å². The molecule has 0 bridgehead atoms. The average molecular weight is 281 g/mol. The predicted octanol–water partition coefficient (Wildman–Crippen LogP) is 2.20. The van der Waals surface area contributed by atoms with Gasteiger partial charge in [-0.05, 0) is 12.8 Å². The predicted molar refractivity (Wildman–Crippen MR) is 74.8 cm³/mol. The molecule has 0 saturated heterocycles. The van der Waals surface area contributed by atoms with Crippen molar-refractivity contribution in [3.63, 3.8) is 0 Å². The molecule has 0 spiro atoms. The van der Waals surface area contributed by atoms with Crippen molar-refractivity contribution < 1.29 is 19.1 Å². The summed E-state index contributed by atoms with van der Waals surface area (Å²) in [4.78, 5) is 36.3. The third-order valence-corrected chi connectivity index (χ3v) is 3.23. The Morgan fingerprint density at radius 3 is 2.30 bits per heavy atom. The molecule has 112 valence electrons. The highest BCUT2D eigenvalue weighted by Crippen LogP contribution is 2.15. The molecule has 0 aliphatic carbocycles. The van der Waals surface area contributed by atoms with E-state index in [0.29, 0.717) is 19.4 Å². The van der Waals surface area contributed by atoms with E-state index in [1.807, 2.05) is 6.92 Å². The molecule has 0 aromatic carbocycles. The molecule has 2 amide bonds. The Morgan fingerprint density at radius 1 is 1.10 bits per heavy atom. The van der Waals surface area contributed by atoms with Gasteiger partial charge in [0.15, 0.2) is 0 Å². The topological polar surface area (TPSA) is 63.7 Å². The zero-order valence-electron chi connectivity index (χ0n) is 12.3. The van der Waals surface area contributed by atoms with Gasteiger partial charge in [0.25, 0.3) is 11.8 Å². The van der Waals surface area contributed by atoms with Crippen LogP contribution in [-0.4, -0.2) is 35.3 Å². The molecule has 0 aromatic heterocycles. The average Bonchev–Trinajstić information content (AvgIpc) is 2.75. The Hall–Kier alpha value is -1.65. The van der Waals surface area contributed by atoms with Crippen LogP contribution in [0, 0.1) is 0 Å². The summed E-state index contributed by atoms with van der Waals surface area (Å²) in [6.45, 7) is 4.36. The van der Waals surface area contributed by atoms with Crippen molar-refractivity contribution in [2.75, 3.05) is 6.61 Å². The summed E-state index contributed by atoms with van der Waals surface area (Å²) in [5.41, 5.74) is 0. The van der Waals surface area contributed by atoms with E-state index in [0.717, 1.165) is 30.6 Å². The zero-order chi connectivity index (χ0) is 15.0. The van der Waals surface area contributed by atoms with Crippen LogP contribution in [0.1, 0.15) is 52.4 Å². The number of esters is 1. The molecule has 0 fully saturated rings. The van der Waals surface area contributed by atoms with Crippen molar-refractivity contribution in [1.29, 1.82) is 0 Å². The van der Waals surface area contributed by atoms with Crippen molar-refractivity contribution in [2.45, 2.75) is 58.4 Å². The second-order valence-electron chi connectivity index (χ2n) is 4.91. The Balaban J connectivity index is 2.51. The van der Waals surface area contributed by atoms with Crippen LogP contribution in [0.25, 0.3) is 0 Å². The van der Waals surface area contributed by atoms with E-state index >= 15 is 0 Å². The Morgan fingerprint density at radius 2 is 1.75 bits per heavy atom. The van der Waals surface area contributed by atoms with Crippen LogP contribution in [-0.2, 0) is 19.1 Å². The molecule has 1 heterocycles. The Labute approximate surface area is 120 Å². The van der Waals surface area contributed by atoms with Crippen LogP contribution >= 0.6 is 0 Å². The van der Waals surface area contributed by atoms with Crippen LogP contribution in [0.15, 0.2) is 12.2 Å². The molecule has 0 N–H and O–H groups in total. The molecule has 1 aliphatic rings. The molecule has 5 heteroatoms. The number of hydrogen-bond acceptors (Lipinski definition) is 4. The van der Waals surface area contributed by atoms with E-state index < -0.39 is 23.8 Å². The highest BCUT2D eigenvalue weighted by molar-refractivity contribution is 6.14. The summed E-state index contributed by atoms with van der Waals surface area (Å²) in [5, 5.41) is 0. The van der Waals surface area contributed by atoms with Gasteiger partial charge >= 0.3 is 5.97 Å². The summed E-state index contributed by atoms with van der Waals surface area (Å²) in [7, 11) is 0. The fourth-order valence-corrected chi connectivity index (χ4v) is 2.14. The lowest BCUT2D eigenvalue weighted by Gasteiger charge is -2.24. The van der Waals surface area contributed by atoms with Crippen molar-refractivity contribution in [3.8, 4) is 0 Å². The lowest BCUT2D eigenvalue weighted by molar-refractivity contribution is -0.158. The van der Waals surface area contributed by atoms with Crippen molar-refractivity contribution >= 4 is 17.8 Å². The molecule has 0 aromatic rings. The second-order valence-corrected chi connectivity index (χ2v) is 4.91. The van der Waals surface area contributed by atoms with Crippen LogP contribution < -0.4 is 0 Å². The van der Waals surface area contributed by atoms with E-state index in [-0.39, 0.29) is 0 Å². The number of unbranched alkanes of at least 4 members (excludes halogenated alkanes) is 3. The summed E-state index contributed by atoms with van der Waals surface area (Å²) in [6, 6.07) is -0.791. The number of carbonyl (C=O) groups excluding carboxylic acids is 3. The maximum atomic E-state index is 12.0. The minimum atomic E-state index is -0.791. The minimum Gasteiger partial charge on any atom is -0.464 e. The fourth-order valence-electron chi connectivity index (χ4n) is 2.14. The van der Waals surface area contributed by atoms with Gasteiger partial charge in [0.1, 0.15) is 6.04 Å². The van der Waals surface area contributed by atoms with Crippen molar-refractivity contribution in [3.05, 3.63) is 12.2 Å². The summed E-state index contributed by atoms with van der Waals surface area (Å²) in [6.07, 6.45) is 7.60. The van der Waals surface area contributed by atoms with Gasteiger partial charge < -0.3 is 4.74 Å². The summed E-state index contributed by atoms with van der Waals surface area (Å²) >= 11 is 0. The van der Waals surface area contributed by atoms with Gasteiger partial charge in [0, 0.05) is 12.2 Å². The molecule has 1 atom stereocenters. The first kappa shape index (κ1) is 16.4. The van der Waals surface area contributed by atoms with Crippen molar-refractivity contribution in [2.24, 2.45) is 0 Å². The first-order valence-electron chi connectivity index (χ1n) is 7.33. The van der Waals surface area contributed by atoms with Gasteiger partial charge in [0.2, 0.25) is 0 Å². The number of ether oxygens (including phenoxy) is 1. The standard InChI is InChI=1S/C15H23NO4/c1-3-5-6-7-11-20-15(19)12(8-4-2)16-13(17)9-10-14(16)18/h9-10,12H,3-8,11H2,1-2H3. The van der Waals surface area contributed by atoms with Gasteiger partial charge in [-0.25, -0.2) is 4.79 Å². The van der Waals surface area contributed by atoms with Gasteiger partial charge in [-0.2, -0.15) is 0 Å². The molecule has 0 saturated carbocycles. The first-order chi connectivity index (χ1) is 9.61. The van der Waals surface area contributed by atoms with Gasteiger partial charge in [0.05, 0.1) is 6.61 Å². The zero-order valence-corrected chi connectivity index (χ0v) is 12.3. The Kier molecular flexibility index (Phi) is 6.98. The lowest BCUT2D eigenvalue weighted by atomic mass is 10.1. The maximum Gasteiger partial charge on any atom is 0.329 e. The molecule has 20 heavy (non-hydrogen) atoms. The normalized spacial score (nSPS) is 15.8. The molecular weight excluding hydrogens is 258 g/mol.